The molecule has 0 heterocycles. The lowest BCUT2D eigenvalue weighted by molar-refractivity contribution is -0.385. The monoisotopic (exact) mass is 1710 g/mol. The topological polar surface area (TPSA) is 761 Å². The van der Waals surface area contributed by atoms with E-state index in [9.17, 15) is 142 Å². The number of rotatable bonds is 28. The van der Waals surface area contributed by atoms with E-state index in [0.717, 1.165) is 42.5 Å². The summed E-state index contributed by atoms with van der Waals surface area (Å²) in [5.74, 6) is -6.26. The molecule has 46 nitrogen and oxygen atoms in total. The number of phenols is 3. The first kappa shape index (κ1) is 83.2. The Morgan fingerprint density at radius 1 is 0.400 bits per heavy atom. The summed E-state index contributed by atoms with van der Waals surface area (Å²) in [6, 6.07) is 12.2. The molecule has 9 aromatic carbocycles. The summed E-state index contributed by atoms with van der Waals surface area (Å²) in [6.45, 7) is 0.286. The van der Waals surface area contributed by atoms with Gasteiger partial charge in [-0.2, -0.15) is 86.0 Å². The molecule has 0 aliphatic rings. The van der Waals surface area contributed by atoms with Crippen LogP contribution in [-0.4, -0.2) is 162 Å². The van der Waals surface area contributed by atoms with Gasteiger partial charge < -0.3 is 30.5 Å². The fourth-order valence-corrected chi connectivity index (χ4v) is 15.4. The zero-order valence-corrected chi connectivity index (χ0v) is 61.4. The minimum atomic E-state index is -5.84. The second kappa shape index (κ2) is 30.5. The van der Waals surface area contributed by atoms with E-state index >= 15 is 0 Å². The number of benzene rings is 9. The van der Waals surface area contributed by atoms with Gasteiger partial charge in [-0.25, -0.2) is 0 Å². The number of nitrogen functional groups attached to an aromatic ring is 1. The molecule has 0 unspecified atom stereocenters. The van der Waals surface area contributed by atoms with Crippen LogP contribution in [0.3, 0.4) is 0 Å². The third-order valence-electron chi connectivity index (χ3n) is 14.7. The maximum atomic E-state index is 13.4. The molecule has 0 aliphatic carbocycles. The van der Waals surface area contributed by atoms with E-state index in [0.29, 0.717) is 36.4 Å². The Kier molecular flexibility index (Phi) is 23.1. The quantitative estimate of drug-likeness (QED) is 0.00541. The second-order valence-corrected chi connectivity index (χ2v) is 35.2. The number of nitro benzene ring substituents is 1. The highest BCUT2D eigenvalue weighted by Crippen LogP contribution is 2.51. The van der Waals surface area contributed by atoms with E-state index in [4.69, 9.17) is 15.2 Å². The highest BCUT2D eigenvalue weighted by molar-refractivity contribution is 7.88. The standard InChI is InChI=1S/C55H46N12O34S9/c1-25-14-38(43(101-11-3-13-103(76,77)78)23-37(25)61-58-34-7-4-27(17-42(34)100-10-2-12-102(73,74)75)57-63-39-19-29(104(79,80)81)15-26-16-30(105(82,83)84)20-41(68)48(26)39)62-65-51-46(108(91,92)93)21-32-31(53(51)69)6-9-36(55(32)110(97,98)99)60-64-40-24-44(106(85,86)87)33-22-47(109(94,95)96)52(54(70)49(33)50(40)56)66-59-35-8-5-28(67(71)72)18-45(35)107(88,89)90/h4-9,14-24,68-70H,2-3,10-13,56H2,1H3,(H,73,74,75)(H,76,77,78)(H,79,80,81)(H,82,83,84)(H,85,86,87)(H,88,89,90)(H,91,92,93)(H,94,95,96)(H,97,98,99). The number of hydrogen-bond acceptors (Lipinski definition) is 36. The lowest BCUT2D eigenvalue weighted by atomic mass is 10.0. The molecule has 55 heteroatoms. The van der Waals surface area contributed by atoms with Crippen molar-refractivity contribution in [1.82, 2.24) is 0 Å². The van der Waals surface area contributed by atoms with Crippen LogP contribution in [0.1, 0.15) is 18.4 Å². The number of nitro groups is 1. The summed E-state index contributed by atoms with van der Waals surface area (Å²) in [7, 11) is -47.7. The molecule has 110 heavy (non-hydrogen) atoms. The SMILES string of the molecule is Cc1cc(N=Nc2c(S(=O)(=O)O)cc3c(S(=O)(=O)O)c(N=Nc4cc(S(=O)(=O)O)c5cc(S(=O)(=O)O)c(N=Nc6ccc([N+](=O)[O-])cc6S(=O)(=O)O)c(O)c5c4N)ccc3c2O)c(OCCCS(=O)(=O)O)cc1N=Nc1ccc(N=Nc2cc(S(=O)(=O)O)cc3cc(S(=O)(=O)O)cc(O)c23)cc1OCCCS(=O)(=O)O. The van der Waals surface area contributed by atoms with E-state index in [1.807, 2.05) is 0 Å². The molecule has 14 N–H and O–H groups in total. The van der Waals surface area contributed by atoms with Crippen LogP contribution in [0.25, 0.3) is 32.3 Å². The largest absolute Gasteiger partial charge is 0.507 e. The number of fused-ring (bicyclic) bond motifs is 3. The molecule has 9 aromatic rings. The maximum absolute atomic E-state index is 13.4. The van der Waals surface area contributed by atoms with Crippen LogP contribution in [0.5, 0.6) is 28.7 Å². The van der Waals surface area contributed by atoms with Crippen LogP contribution in [-0.2, 0) is 91.1 Å². The van der Waals surface area contributed by atoms with Gasteiger partial charge in [-0.05, 0) is 104 Å². The third-order valence-corrected chi connectivity index (χ3v) is 22.4. The van der Waals surface area contributed by atoms with Gasteiger partial charge in [0.15, 0.2) is 11.5 Å². The predicted octanol–water partition coefficient (Wildman–Crippen LogP) is 10.2. The van der Waals surface area contributed by atoms with E-state index in [-0.39, 0.29) is 57.7 Å². The third kappa shape index (κ3) is 19.4. The lowest BCUT2D eigenvalue weighted by Gasteiger charge is -2.15. The van der Waals surface area contributed by atoms with Gasteiger partial charge >= 0.3 is 0 Å². The molecule has 9 rings (SSSR count). The zero-order chi connectivity index (χ0) is 81.7. The summed E-state index contributed by atoms with van der Waals surface area (Å²) >= 11 is 0. The van der Waals surface area contributed by atoms with Crippen LogP contribution in [0.2, 0.25) is 0 Å². The van der Waals surface area contributed by atoms with Gasteiger partial charge in [-0.3, -0.25) is 51.1 Å². The van der Waals surface area contributed by atoms with Crippen molar-refractivity contribution in [2.75, 3.05) is 30.5 Å². The number of hydrogen-bond donors (Lipinski definition) is 13. The summed E-state index contributed by atoms with van der Waals surface area (Å²) in [5, 5.41) is 79.1. The van der Waals surface area contributed by atoms with Crippen LogP contribution >= 0.6 is 0 Å². The summed E-state index contributed by atoms with van der Waals surface area (Å²) in [6.07, 6.45) is -0.800. The second-order valence-electron chi connectivity index (χ2n) is 22.3. The average Bonchev–Trinajstić information content (AvgIpc) is 0.742. The number of nitrogens with zero attached hydrogens (tertiary/aromatic N) is 11. The minimum absolute atomic E-state index is 0.0486. The number of non-ortho nitro benzene ring substituents is 1. The molecule has 0 saturated heterocycles. The van der Waals surface area contributed by atoms with E-state index < -0.39 is 257 Å². The van der Waals surface area contributed by atoms with Crippen LogP contribution in [0.15, 0.2) is 189 Å². The van der Waals surface area contributed by atoms with Crippen molar-refractivity contribution in [2.45, 2.75) is 54.0 Å². The number of aryl methyl sites for hydroxylation is 1. The molecule has 0 aromatic heterocycles. The van der Waals surface area contributed by atoms with Gasteiger partial charge in [-0.15, -0.1) is 40.9 Å². The van der Waals surface area contributed by atoms with E-state index in [1.54, 1.807) is 0 Å². The van der Waals surface area contributed by atoms with Crippen LogP contribution in [0.4, 0.5) is 68.2 Å². The smallest absolute Gasteiger partial charge is 0.297 e. The first-order valence-electron chi connectivity index (χ1n) is 29.0. The highest BCUT2D eigenvalue weighted by Gasteiger charge is 2.32. The van der Waals surface area contributed by atoms with Gasteiger partial charge in [0.05, 0.1) is 73.0 Å². The number of ether oxygens (including phenoxy) is 2. The minimum Gasteiger partial charge on any atom is -0.507 e. The first-order chi connectivity index (χ1) is 50.6. The van der Waals surface area contributed by atoms with Gasteiger partial charge in [0.1, 0.15) is 81.5 Å². The number of azo groups is 5. The Morgan fingerprint density at radius 3 is 1.41 bits per heavy atom. The highest BCUT2D eigenvalue weighted by atomic mass is 32.3. The van der Waals surface area contributed by atoms with Gasteiger partial charge in [0.25, 0.3) is 96.8 Å². The predicted molar refractivity (Wildman–Crippen MR) is 375 cm³/mol. The van der Waals surface area contributed by atoms with E-state index in [1.165, 1.54) is 19.1 Å². The van der Waals surface area contributed by atoms with Crippen molar-refractivity contribution in [3.05, 3.63) is 119 Å². The molecule has 0 bridgehead atoms. The number of phenolic OH excluding ortho intramolecular Hbond substituents is 3. The zero-order valence-electron chi connectivity index (χ0n) is 54.1. The molecule has 0 aliphatic heterocycles. The Bertz CT molecular complexity index is 6720. The fraction of sp³-hybridized carbons (Fsp3) is 0.127. The first-order valence-corrected chi connectivity index (χ1v) is 42.3. The Balaban J connectivity index is 1.13. The molecular formula is C55H46N12O34S9. The lowest BCUT2D eigenvalue weighted by Crippen LogP contribution is -2.08. The summed E-state index contributed by atoms with van der Waals surface area (Å²) in [4.78, 5) is 1.18. The molecular weight excluding hydrogens is 1660 g/mol. The van der Waals surface area contributed by atoms with Gasteiger partial charge in [-0.1, -0.05) is 0 Å². The molecule has 0 fully saturated rings. The normalized spacial score (nSPS) is 13.4. The van der Waals surface area contributed by atoms with Gasteiger partial charge in [0.2, 0.25) is 0 Å². The number of nitrogens with two attached hydrogens (primary N) is 1. The molecule has 0 amide bonds. The Morgan fingerprint density at radius 2 is 0.873 bits per heavy atom. The fourth-order valence-electron chi connectivity index (χ4n) is 9.93. The van der Waals surface area contributed by atoms with Crippen molar-refractivity contribution < 1.29 is 146 Å². The average molecular weight is 1710 g/mol. The molecule has 0 radical (unpaired) electrons. The Labute approximate surface area is 617 Å². The summed E-state index contributed by atoms with van der Waals surface area (Å²) < 4.78 is 325. The molecule has 0 atom stereocenters. The van der Waals surface area contributed by atoms with Crippen molar-refractivity contribution in [3.8, 4) is 28.7 Å². The summed E-state index contributed by atoms with van der Waals surface area (Å²) in [5.41, 5.74) is -2.93. The van der Waals surface area contributed by atoms with Gasteiger partial charge in [0, 0.05) is 46.5 Å². The number of anilines is 1. The van der Waals surface area contributed by atoms with Crippen molar-refractivity contribution >= 4 is 192 Å². The molecule has 584 valence electrons. The molecule has 0 spiro atoms. The van der Waals surface area contributed by atoms with Crippen molar-refractivity contribution in [3.63, 3.8) is 0 Å². The van der Waals surface area contributed by atoms with Crippen LogP contribution in [0, 0.1) is 17.0 Å². The molecule has 0 saturated carbocycles. The van der Waals surface area contributed by atoms with Crippen LogP contribution < -0.4 is 15.2 Å². The maximum Gasteiger partial charge on any atom is 0.297 e. The number of aromatic hydroxyl groups is 3. The Hall–Kier alpha value is -10.9. The van der Waals surface area contributed by atoms with E-state index in [2.05, 4.69) is 51.1 Å². The van der Waals surface area contributed by atoms with Crippen molar-refractivity contribution in [1.29, 1.82) is 0 Å². The van der Waals surface area contributed by atoms with Crippen molar-refractivity contribution in [2.24, 2.45) is 51.1 Å².